The predicted octanol–water partition coefficient (Wildman–Crippen LogP) is 3.49. The number of nitrogens with two attached hydrogens (primary N) is 1. The molecule has 1 saturated carbocycles. The lowest BCUT2D eigenvalue weighted by Crippen LogP contribution is -2.86. The number of quaternary nitrogens is 1. The summed E-state index contributed by atoms with van der Waals surface area (Å²) in [6, 6.07) is 8.54. The number of benzene rings is 1. The summed E-state index contributed by atoms with van der Waals surface area (Å²) in [5, 5.41) is 2.36. The van der Waals surface area contributed by atoms with Crippen LogP contribution >= 0.6 is 0 Å². The molecule has 1 heterocycles. The Balaban J connectivity index is 1.83. The zero-order valence-electron chi connectivity index (χ0n) is 16.1. The van der Waals surface area contributed by atoms with Gasteiger partial charge in [-0.05, 0) is 39.2 Å². The first-order valence-electron chi connectivity index (χ1n) is 10.1. The van der Waals surface area contributed by atoms with Crippen LogP contribution in [0.15, 0.2) is 24.3 Å². The Hall–Kier alpha value is -1.35. The van der Waals surface area contributed by atoms with E-state index in [1.165, 1.54) is 12.0 Å². The van der Waals surface area contributed by atoms with E-state index in [0.29, 0.717) is 5.92 Å². The number of ether oxygens (including phenoxy) is 1. The van der Waals surface area contributed by atoms with Gasteiger partial charge in [-0.1, -0.05) is 49.1 Å². The molecule has 0 spiro atoms. The quantitative estimate of drug-likeness (QED) is 0.850. The van der Waals surface area contributed by atoms with Crippen molar-refractivity contribution in [3.05, 3.63) is 35.4 Å². The molecular formula is C22H34NO2+. The van der Waals surface area contributed by atoms with E-state index in [-0.39, 0.29) is 11.6 Å². The maximum atomic E-state index is 13.4. The lowest BCUT2D eigenvalue weighted by Gasteiger charge is -2.41. The molecule has 3 heteroatoms. The Morgan fingerprint density at radius 1 is 1.08 bits per heavy atom. The SMILES string of the molecule is Cc1ccc(C2(C(=O)OC(C)(C)C3CC[NH2+]CC3)CCCCC2)cc1. The van der Waals surface area contributed by atoms with Gasteiger partial charge in [-0.25, -0.2) is 0 Å². The topological polar surface area (TPSA) is 42.9 Å². The first kappa shape index (κ1) is 18.4. The molecular weight excluding hydrogens is 310 g/mol. The second-order valence-corrected chi connectivity index (χ2v) is 8.64. The molecule has 2 aliphatic rings. The smallest absolute Gasteiger partial charge is 0.317 e. The van der Waals surface area contributed by atoms with E-state index < -0.39 is 5.41 Å². The van der Waals surface area contributed by atoms with Crippen molar-refractivity contribution in [2.24, 2.45) is 5.92 Å². The van der Waals surface area contributed by atoms with E-state index in [0.717, 1.165) is 57.2 Å². The first-order valence-corrected chi connectivity index (χ1v) is 10.1. The van der Waals surface area contributed by atoms with E-state index >= 15 is 0 Å². The summed E-state index contributed by atoms with van der Waals surface area (Å²) in [6.07, 6.45) is 7.56. The summed E-state index contributed by atoms with van der Waals surface area (Å²) in [5.41, 5.74) is 1.57. The number of carbonyl (C=O) groups is 1. The second-order valence-electron chi connectivity index (χ2n) is 8.64. The number of hydrogen-bond acceptors (Lipinski definition) is 2. The third kappa shape index (κ3) is 3.92. The Labute approximate surface area is 152 Å². The molecule has 0 bridgehead atoms. The van der Waals surface area contributed by atoms with Crippen LogP contribution in [-0.2, 0) is 14.9 Å². The largest absolute Gasteiger partial charge is 0.459 e. The molecule has 1 aliphatic heterocycles. The normalized spacial score (nSPS) is 21.7. The maximum absolute atomic E-state index is 13.4. The van der Waals surface area contributed by atoms with Gasteiger partial charge in [0.2, 0.25) is 0 Å². The highest BCUT2D eigenvalue weighted by Crippen LogP contribution is 2.42. The van der Waals surface area contributed by atoms with E-state index in [2.05, 4.69) is 50.4 Å². The van der Waals surface area contributed by atoms with Gasteiger partial charge < -0.3 is 10.1 Å². The monoisotopic (exact) mass is 344 g/mol. The minimum Gasteiger partial charge on any atom is -0.459 e. The summed E-state index contributed by atoms with van der Waals surface area (Å²) in [7, 11) is 0. The highest BCUT2D eigenvalue weighted by molar-refractivity contribution is 5.83. The average Bonchev–Trinajstić information content (AvgIpc) is 2.63. The number of esters is 1. The zero-order chi connectivity index (χ0) is 17.9. The van der Waals surface area contributed by atoms with Crippen LogP contribution in [0.3, 0.4) is 0 Å². The number of rotatable bonds is 4. The highest BCUT2D eigenvalue weighted by atomic mass is 16.6. The first-order chi connectivity index (χ1) is 11.9. The van der Waals surface area contributed by atoms with Crippen LogP contribution in [0.5, 0.6) is 0 Å². The fourth-order valence-corrected chi connectivity index (χ4v) is 4.68. The number of piperidine rings is 1. The number of aryl methyl sites for hydroxylation is 1. The van der Waals surface area contributed by atoms with E-state index in [9.17, 15) is 4.79 Å². The van der Waals surface area contributed by atoms with Crippen molar-refractivity contribution in [1.82, 2.24) is 0 Å². The second kappa shape index (κ2) is 7.49. The third-order valence-electron chi connectivity index (χ3n) is 6.48. The van der Waals surface area contributed by atoms with Crippen molar-refractivity contribution in [2.75, 3.05) is 13.1 Å². The highest BCUT2D eigenvalue weighted by Gasteiger charge is 2.46. The van der Waals surface area contributed by atoms with Crippen LogP contribution in [0.25, 0.3) is 0 Å². The van der Waals surface area contributed by atoms with Crippen LogP contribution in [0.2, 0.25) is 0 Å². The van der Waals surface area contributed by atoms with Crippen molar-refractivity contribution in [2.45, 2.75) is 76.7 Å². The molecule has 3 rings (SSSR count). The summed E-state index contributed by atoms with van der Waals surface area (Å²) >= 11 is 0. The minimum atomic E-state index is -0.440. The number of carbonyl (C=O) groups excluding carboxylic acids is 1. The lowest BCUT2D eigenvalue weighted by molar-refractivity contribution is -0.665. The van der Waals surface area contributed by atoms with Gasteiger partial charge in [-0.3, -0.25) is 4.79 Å². The fraction of sp³-hybridized carbons (Fsp3) is 0.682. The van der Waals surface area contributed by atoms with Crippen LogP contribution in [0, 0.1) is 12.8 Å². The average molecular weight is 345 g/mol. The molecule has 0 amide bonds. The third-order valence-corrected chi connectivity index (χ3v) is 6.48. The fourth-order valence-electron chi connectivity index (χ4n) is 4.68. The van der Waals surface area contributed by atoms with Gasteiger partial charge in [0.15, 0.2) is 0 Å². The van der Waals surface area contributed by atoms with Crippen molar-refractivity contribution < 1.29 is 14.8 Å². The summed E-state index contributed by atoms with van der Waals surface area (Å²) in [5.74, 6) is 0.482. The Morgan fingerprint density at radius 2 is 1.68 bits per heavy atom. The molecule has 0 aromatic heterocycles. The predicted molar refractivity (Wildman–Crippen MR) is 100 cm³/mol. The van der Waals surface area contributed by atoms with Gasteiger partial charge >= 0.3 is 5.97 Å². The standard InChI is InChI=1S/C22H33NO2/c1-17-7-9-19(10-8-17)22(13-5-4-6-14-22)20(24)25-21(2,3)18-11-15-23-16-12-18/h7-10,18,23H,4-6,11-16H2,1-3H3/p+1. The molecule has 1 aromatic carbocycles. The van der Waals surface area contributed by atoms with Gasteiger partial charge in [0.1, 0.15) is 5.60 Å². The molecule has 2 fully saturated rings. The Kier molecular flexibility index (Phi) is 5.52. The summed E-state index contributed by atoms with van der Waals surface area (Å²) in [4.78, 5) is 13.4. The summed E-state index contributed by atoms with van der Waals surface area (Å²) in [6.45, 7) is 8.63. The summed E-state index contributed by atoms with van der Waals surface area (Å²) < 4.78 is 6.25. The molecule has 0 atom stereocenters. The molecule has 25 heavy (non-hydrogen) atoms. The van der Waals surface area contributed by atoms with Gasteiger partial charge in [-0.15, -0.1) is 0 Å². The van der Waals surface area contributed by atoms with Gasteiger partial charge in [0, 0.05) is 18.8 Å². The van der Waals surface area contributed by atoms with Crippen molar-refractivity contribution in [3.8, 4) is 0 Å². The van der Waals surface area contributed by atoms with Crippen LogP contribution in [0.1, 0.15) is 69.9 Å². The van der Waals surface area contributed by atoms with E-state index in [1.54, 1.807) is 0 Å². The molecule has 0 radical (unpaired) electrons. The maximum Gasteiger partial charge on any atom is 0.317 e. The van der Waals surface area contributed by atoms with Crippen LogP contribution in [0.4, 0.5) is 0 Å². The van der Waals surface area contributed by atoms with Gasteiger partial charge in [-0.2, -0.15) is 0 Å². The van der Waals surface area contributed by atoms with Gasteiger partial charge in [0.05, 0.1) is 18.5 Å². The van der Waals surface area contributed by atoms with Crippen molar-refractivity contribution >= 4 is 5.97 Å². The lowest BCUT2D eigenvalue weighted by atomic mass is 9.69. The van der Waals surface area contributed by atoms with Crippen LogP contribution in [-0.4, -0.2) is 24.7 Å². The van der Waals surface area contributed by atoms with Crippen LogP contribution < -0.4 is 5.32 Å². The van der Waals surface area contributed by atoms with Crippen molar-refractivity contribution in [1.29, 1.82) is 0 Å². The molecule has 1 aliphatic carbocycles. The number of hydrogen-bond donors (Lipinski definition) is 1. The minimum absolute atomic E-state index is 0.00982. The molecule has 1 aromatic rings. The van der Waals surface area contributed by atoms with Gasteiger partial charge in [0.25, 0.3) is 0 Å². The van der Waals surface area contributed by atoms with Crippen molar-refractivity contribution in [3.63, 3.8) is 0 Å². The molecule has 0 unspecified atom stereocenters. The molecule has 138 valence electrons. The molecule has 2 N–H and O–H groups in total. The zero-order valence-corrected chi connectivity index (χ0v) is 16.1. The molecule has 3 nitrogen and oxygen atoms in total. The Bertz CT molecular complexity index is 579. The Morgan fingerprint density at radius 3 is 2.28 bits per heavy atom. The van der Waals surface area contributed by atoms with E-state index in [4.69, 9.17) is 4.74 Å². The van der Waals surface area contributed by atoms with E-state index in [1.807, 2.05) is 0 Å². The molecule has 1 saturated heterocycles.